The van der Waals surface area contributed by atoms with E-state index in [1.54, 1.807) is 13.3 Å². The lowest BCUT2D eigenvalue weighted by molar-refractivity contribution is 0.414. The lowest BCUT2D eigenvalue weighted by Gasteiger charge is -2.21. The van der Waals surface area contributed by atoms with Crippen molar-refractivity contribution in [2.45, 2.75) is 6.42 Å². The highest BCUT2D eigenvalue weighted by Crippen LogP contribution is 2.25. The molecule has 0 saturated heterocycles. The normalized spacial score (nSPS) is 17.4. The average Bonchev–Trinajstić information content (AvgIpc) is 2.27. The molecule has 3 heteroatoms. The van der Waals surface area contributed by atoms with E-state index in [1.165, 1.54) is 11.1 Å². The van der Waals surface area contributed by atoms with Crippen molar-refractivity contribution in [3.8, 4) is 5.75 Å². The second-order valence-electron chi connectivity index (χ2n) is 3.28. The van der Waals surface area contributed by atoms with Gasteiger partial charge < -0.3 is 15.8 Å². The Balaban J connectivity index is 2.46. The van der Waals surface area contributed by atoms with Crippen molar-refractivity contribution in [3.63, 3.8) is 0 Å². The summed E-state index contributed by atoms with van der Waals surface area (Å²) in [6.45, 7) is 0.934. The first kappa shape index (κ1) is 8.94. The fraction of sp³-hybridized carbons (Fsp3) is 0.273. The maximum atomic E-state index is 5.53. The number of hydrogen-bond donors (Lipinski definition) is 2. The average molecular weight is 190 g/mol. The van der Waals surface area contributed by atoms with Gasteiger partial charge in [-0.05, 0) is 30.2 Å². The summed E-state index contributed by atoms with van der Waals surface area (Å²) in [5.74, 6) is 0.905. The first-order valence-corrected chi connectivity index (χ1v) is 4.68. The van der Waals surface area contributed by atoms with Gasteiger partial charge in [0.05, 0.1) is 12.8 Å². The molecule has 0 radical (unpaired) electrons. The zero-order valence-corrected chi connectivity index (χ0v) is 8.21. The van der Waals surface area contributed by atoms with Crippen LogP contribution >= 0.6 is 0 Å². The fourth-order valence-electron chi connectivity index (χ4n) is 1.74. The highest BCUT2D eigenvalue weighted by molar-refractivity contribution is 5.68. The van der Waals surface area contributed by atoms with Crippen LogP contribution in [0, 0.1) is 0 Å². The zero-order chi connectivity index (χ0) is 9.97. The van der Waals surface area contributed by atoms with Crippen LogP contribution in [-0.4, -0.2) is 13.7 Å². The minimum atomic E-state index is 0.905. The zero-order valence-electron chi connectivity index (χ0n) is 8.21. The molecule has 1 aliphatic heterocycles. The minimum Gasteiger partial charge on any atom is -0.497 e. The molecule has 0 spiro atoms. The van der Waals surface area contributed by atoms with E-state index in [1.807, 2.05) is 12.1 Å². The third kappa shape index (κ3) is 1.41. The van der Waals surface area contributed by atoms with Gasteiger partial charge in [-0.3, -0.25) is 0 Å². The summed E-state index contributed by atoms with van der Waals surface area (Å²) in [6, 6.07) is 6.06. The number of nitrogens with two attached hydrogens (primary N) is 1. The van der Waals surface area contributed by atoms with Crippen molar-refractivity contribution in [1.82, 2.24) is 5.32 Å². The second-order valence-corrected chi connectivity index (χ2v) is 3.28. The predicted molar refractivity (Wildman–Crippen MR) is 56.9 cm³/mol. The summed E-state index contributed by atoms with van der Waals surface area (Å²) in [5.41, 5.74) is 9.01. The first-order chi connectivity index (χ1) is 6.85. The molecule has 0 fully saturated rings. The van der Waals surface area contributed by atoms with Gasteiger partial charge in [0.1, 0.15) is 5.75 Å². The van der Waals surface area contributed by atoms with E-state index in [2.05, 4.69) is 11.4 Å². The number of benzene rings is 1. The Morgan fingerprint density at radius 1 is 1.50 bits per heavy atom. The van der Waals surface area contributed by atoms with Gasteiger partial charge in [-0.15, -0.1) is 0 Å². The second kappa shape index (κ2) is 3.62. The smallest absolute Gasteiger partial charge is 0.119 e. The third-order valence-electron chi connectivity index (χ3n) is 2.48. The highest BCUT2D eigenvalue weighted by atomic mass is 16.5. The quantitative estimate of drug-likeness (QED) is 0.697. The maximum absolute atomic E-state index is 5.53. The van der Waals surface area contributed by atoms with Crippen LogP contribution in [0.1, 0.15) is 11.1 Å². The molecule has 1 aromatic rings. The van der Waals surface area contributed by atoms with Crippen LogP contribution in [0.2, 0.25) is 0 Å². The van der Waals surface area contributed by atoms with Gasteiger partial charge in [-0.1, -0.05) is 0 Å². The van der Waals surface area contributed by atoms with E-state index in [0.717, 1.165) is 24.4 Å². The largest absolute Gasteiger partial charge is 0.497 e. The summed E-state index contributed by atoms with van der Waals surface area (Å²) >= 11 is 0. The molecule has 74 valence electrons. The van der Waals surface area contributed by atoms with E-state index in [-0.39, 0.29) is 0 Å². The van der Waals surface area contributed by atoms with Crippen molar-refractivity contribution in [1.29, 1.82) is 0 Å². The van der Waals surface area contributed by atoms with Gasteiger partial charge >= 0.3 is 0 Å². The third-order valence-corrected chi connectivity index (χ3v) is 2.48. The summed E-state index contributed by atoms with van der Waals surface area (Å²) in [6.07, 6.45) is 2.63. The molecule has 0 bridgehead atoms. The Morgan fingerprint density at radius 3 is 3.07 bits per heavy atom. The molecule has 0 atom stereocenters. The Bertz CT molecular complexity index is 372. The lowest BCUT2D eigenvalue weighted by Crippen LogP contribution is -2.23. The van der Waals surface area contributed by atoms with Gasteiger partial charge in [-0.25, -0.2) is 0 Å². The molecule has 0 unspecified atom stereocenters. The maximum Gasteiger partial charge on any atom is 0.119 e. The number of hydrogen-bond acceptors (Lipinski definition) is 3. The number of methoxy groups -OCH3 is 1. The van der Waals surface area contributed by atoms with Crippen molar-refractivity contribution >= 4 is 5.70 Å². The molecule has 3 N–H and O–H groups in total. The number of nitrogens with one attached hydrogen (secondary N) is 1. The van der Waals surface area contributed by atoms with Crippen LogP contribution in [0.3, 0.4) is 0 Å². The predicted octanol–water partition coefficient (Wildman–Crippen LogP) is 1.10. The molecule has 2 rings (SSSR count). The Hall–Kier alpha value is -1.64. The van der Waals surface area contributed by atoms with Crippen LogP contribution in [0.5, 0.6) is 5.75 Å². The van der Waals surface area contributed by atoms with E-state index in [0.29, 0.717) is 0 Å². The molecule has 0 amide bonds. The van der Waals surface area contributed by atoms with Gasteiger partial charge in [-0.2, -0.15) is 0 Å². The number of fused-ring (bicyclic) bond motifs is 1. The van der Waals surface area contributed by atoms with Crippen LogP contribution in [-0.2, 0) is 6.42 Å². The molecule has 14 heavy (non-hydrogen) atoms. The Labute approximate surface area is 83.6 Å². The topological polar surface area (TPSA) is 47.3 Å². The van der Waals surface area contributed by atoms with E-state index < -0.39 is 0 Å². The monoisotopic (exact) mass is 190 g/mol. The lowest BCUT2D eigenvalue weighted by atomic mass is 9.98. The highest BCUT2D eigenvalue weighted by Gasteiger charge is 2.13. The van der Waals surface area contributed by atoms with Gasteiger partial charge in [0.25, 0.3) is 0 Å². The van der Waals surface area contributed by atoms with Gasteiger partial charge in [0.15, 0.2) is 0 Å². The molecule has 1 heterocycles. The van der Waals surface area contributed by atoms with Crippen LogP contribution in [0.25, 0.3) is 5.70 Å². The van der Waals surface area contributed by atoms with Crippen LogP contribution in [0.4, 0.5) is 0 Å². The van der Waals surface area contributed by atoms with Crippen molar-refractivity contribution in [2.24, 2.45) is 5.73 Å². The van der Waals surface area contributed by atoms with E-state index in [4.69, 9.17) is 10.5 Å². The van der Waals surface area contributed by atoms with Gasteiger partial charge in [0, 0.05) is 18.3 Å². The van der Waals surface area contributed by atoms with E-state index in [9.17, 15) is 0 Å². The van der Waals surface area contributed by atoms with Crippen LogP contribution < -0.4 is 15.8 Å². The number of ether oxygens (including phenoxy) is 1. The molecule has 0 aliphatic carbocycles. The molecule has 1 aliphatic rings. The summed E-state index contributed by atoms with van der Waals surface area (Å²) in [5, 5.41) is 3.26. The van der Waals surface area contributed by atoms with Crippen molar-refractivity contribution in [3.05, 3.63) is 35.5 Å². The van der Waals surface area contributed by atoms with E-state index >= 15 is 0 Å². The molecule has 0 saturated carbocycles. The standard InChI is InChI=1S/C11H14N2O/c1-14-9-2-3-10-8(6-9)4-5-13-11(10)7-12/h2-3,6-7,13H,4-5,12H2,1H3/b11-7+. The molecule has 1 aromatic carbocycles. The van der Waals surface area contributed by atoms with Crippen LogP contribution in [0.15, 0.2) is 24.4 Å². The van der Waals surface area contributed by atoms with Crippen molar-refractivity contribution < 1.29 is 4.74 Å². The SMILES string of the molecule is COc1ccc2c(c1)CCN/C2=C/N. The minimum absolute atomic E-state index is 0.905. The first-order valence-electron chi connectivity index (χ1n) is 4.68. The summed E-state index contributed by atoms with van der Waals surface area (Å²) in [4.78, 5) is 0. The fourth-order valence-corrected chi connectivity index (χ4v) is 1.74. The summed E-state index contributed by atoms with van der Waals surface area (Å²) in [7, 11) is 1.68. The summed E-state index contributed by atoms with van der Waals surface area (Å²) < 4.78 is 5.18. The molecule has 3 nitrogen and oxygen atoms in total. The Kier molecular flexibility index (Phi) is 2.31. The Morgan fingerprint density at radius 2 is 2.36 bits per heavy atom. The molecule has 0 aromatic heterocycles. The van der Waals surface area contributed by atoms with Gasteiger partial charge in [0.2, 0.25) is 0 Å². The number of rotatable bonds is 1. The van der Waals surface area contributed by atoms with Crippen molar-refractivity contribution in [2.75, 3.05) is 13.7 Å². The molecular weight excluding hydrogens is 176 g/mol. The molecular formula is C11H14N2O.